The minimum Gasteiger partial charge on any atom is -0.395 e. The summed E-state index contributed by atoms with van der Waals surface area (Å²) in [6.45, 7) is 1.70. The highest BCUT2D eigenvalue weighted by atomic mass is 16.3. The molecule has 1 aliphatic heterocycles. The minimum atomic E-state index is -0.0969. The zero-order valence-corrected chi connectivity index (χ0v) is 10.7. The SMILES string of the molecule is O=c1[nH]c(CN2CCC[C@@H]2CO)nc2ccccc12. The molecule has 5 nitrogen and oxygen atoms in total. The summed E-state index contributed by atoms with van der Waals surface area (Å²) < 4.78 is 0. The van der Waals surface area contributed by atoms with Gasteiger partial charge in [0.05, 0.1) is 24.1 Å². The Bertz CT molecular complexity index is 638. The van der Waals surface area contributed by atoms with Crippen LogP contribution in [-0.4, -0.2) is 39.2 Å². The Hall–Kier alpha value is -1.72. The van der Waals surface area contributed by atoms with Crippen LogP contribution in [0.2, 0.25) is 0 Å². The van der Waals surface area contributed by atoms with Gasteiger partial charge in [-0.05, 0) is 31.5 Å². The van der Waals surface area contributed by atoms with Crippen LogP contribution in [0, 0.1) is 0 Å². The van der Waals surface area contributed by atoms with E-state index in [2.05, 4.69) is 14.9 Å². The van der Waals surface area contributed by atoms with Crippen LogP contribution in [0.25, 0.3) is 10.9 Å². The second-order valence-corrected chi connectivity index (χ2v) is 4.98. The lowest BCUT2D eigenvalue weighted by Crippen LogP contribution is -2.33. The molecule has 0 saturated carbocycles. The predicted octanol–water partition coefficient (Wildman–Crippen LogP) is 0.880. The number of nitrogens with one attached hydrogen (secondary N) is 1. The Kier molecular flexibility index (Phi) is 3.31. The van der Waals surface area contributed by atoms with E-state index in [1.54, 1.807) is 6.07 Å². The fourth-order valence-electron chi connectivity index (χ4n) is 2.71. The lowest BCUT2D eigenvalue weighted by Gasteiger charge is -2.21. The molecule has 100 valence electrons. The summed E-state index contributed by atoms with van der Waals surface area (Å²) in [5.41, 5.74) is 0.626. The molecule has 0 spiro atoms. The van der Waals surface area contributed by atoms with Gasteiger partial charge in [-0.3, -0.25) is 9.69 Å². The van der Waals surface area contributed by atoms with Gasteiger partial charge < -0.3 is 10.1 Å². The van der Waals surface area contributed by atoms with Crippen molar-refractivity contribution in [1.82, 2.24) is 14.9 Å². The topological polar surface area (TPSA) is 69.2 Å². The molecule has 2 aromatic rings. The average Bonchev–Trinajstić information content (AvgIpc) is 2.86. The summed E-state index contributed by atoms with van der Waals surface area (Å²) in [5.74, 6) is 0.670. The Morgan fingerprint density at radius 2 is 2.26 bits per heavy atom. The van der Waals surface area contributed by atoms with Crippen molar-refractivity contribution in [2.75, 3.05) is 13.2 Å². The maximum atomic E-state index is 12.0. The fraction of sp³-hybridized carbons (Fsp3) is 0.429. The van der Waals surface area contributed by atoms with Crippen LogP contribution < -0.4 is 5.56 Å². The third kappa shape index (κ3) is 2.39. The lowest BCUT2D eigenvalue weighted by molar-refractivity contribution is 0.151. The molecule has 3 rings (SSSR count). The highest BCUT2D eigenvalue weighted by Gasteiger charge is 2.24. The van der Waals surface area contributed by atoms with Gasteiger partial charge in [0.2, 0.25) is 0 Å². The number of benzene rings is 1. The van der Waals surface area contributed by atoms with Crippen LogP contribution >= 0.6 is 0 Å². The molecular formula is C14H17N3O2. The van der Waals surface area contributed by atoms with Crippen molar-refractivity contribution in [1.29, 1.82) is 0 Å². The number of nitrogens with zero attached hydrogens (tertiary/aromatic N) is 2. The van der Waals surface area contributed by atoms with Crippen molar-refractivity contribution in [2.24, 2.45) is 0 Å². The largest absolute Gasteiger partial charge is 0.395 e. The zero-order chi connectivity index (χ0) is 13.2. The van der Waals surface area contributed by atoms with Gasteiger partial charge in [0, 0.05) is 6.04 Å². The maximum absolute atomic E-state index is 12.0. The van der Waals surface area contributed by atoms with Crippen molar-refractivity contribution in [3.05, 3.63) is 40.4 Å². The third-order valence-corrected chi connectivity index (χ3v) is 3.72. The van der Waals surface area contributed by atoms with Crippen molar-refractivity contribution in [2.45, 2.75) is 25.4 Å². The molecule has 0 aliphatic carbocycles. The van der Waals surface area contributed by atoms with Crippen LogP contribution in [0.1, 0.15) is 18.7 Å². The number of hydrogen-bond donors (Lipinski definition) is 2. The van der Waals surface area contributed by atoms with Crippen molar-refractivity contribution in [3.8, 4) is 0 Å². The second kappa shape index (κ2) is 5.11. The van der Waals surface area contributed by atoms with E-state index in [-0.39, 0.29) is 18.2 Å². The van der Waals surface area contributed by atoms with Gasteiger partial charge in [0.25, 0.3) is 5.56 Å². The predicted molar refractivity (Wildman–Crippen MR) is 72.9 cm³/mol. The number of fused-ring (bicyclic) bond motifs is 1. The molecule has 19 heavy (non-hydrogen) atoms. The van der Waals surface area contributed by atoms with E-state index in [4.69, 9.17) is 0 Å². The maximum Gasteiger partial charge on any atom is 0.258 e. The van der Waals surface area contributed by atoms with Gasteiger partial charge in [-0.1, -0.05) is 12.1 Å². The third-order valence-electron chi connectivity index (χ3n) is 3.72. The standard InChI is InChI=1S/C14H17N3O2/c18-9-10-4-3-7-17(10)8-13-15-12-6-2-1-5-11(12)14(19)16-13/h1-2,5-6,10,18H,3-4,7-9H2,(H,15,16,19)/t10-/m1/s1. The summed E-state index contributed by atoms with van der Waals surface area (Å²) in [6.07, 6.45) is 2.09. The Balaban J connectivity index is 1.91. The van der Waals surface area contributed by atoms with Gasteiger partial charge in [-0.15, -0.1) is 0 Å². The van der Waals surface area contributed by atoms with Crippen LogP contribution in [0.15, 0.2) is 29.1 Å². The molecule has 1 atom stereocenters. The summed E-state index contributed by atoms with van der Waals surface area (Å²) in [4.78, 5) is 21.5. The summed E-state index contributed by atoms with van der Waals surface area (Å²) >= 11 is 0. The summed E-state index contributed by atoms with van der Waals surface area (Å²) in [5, 5.41) is 9.92. The van der Waals surface area contributed by atoms with E-state index in [1.165, 1.54) is 0 Å². The fourth-order valence-corrected chi connectivity index (χ4v) is 2.71. The molecule has 1 fully saturated rings. The molecule has 0 bridgehead atoms. The van der Waals surface area contributed by atoms with E-state index >= 15 is 0 Å². The van der Waals surface area contributed by atoms with E-state index in [1.807, 2.05) is 18.2 Å². The number of aromatic amines is 1. The molecule has 0 unspecified atom stereocenters. The first-order valence-electron chi connectivity index (χ1n) is 6.61. The molecule has 1 aromatic carbocycles. The monoisotopic (exact) mass is 259 g/mol. The molecule has 5 heteroatoms. The average molecular weight is 259 g/mol. The van der Waals surface area contributed by atoms with Gasteiger partial charge in [-0.25, -0.2) is 4.98 Å². The Morgan fingerprint density at radius 3 is 3.11 bits per heavy atom. The summed E-state index contributed by atoms with van der Waals surface area (Å²) in [7, 11) is 0. The van der Waals surface area contributed by atoms with Gasteiger partial charge in [-0.2, -0.15) is 0 Å². The number of likely N-dealkylation sites (tertiary alicyclic amines) is 1. The number of aromatic nitrogens is 2. The second-order valence-electron chi connectivity index (χ2n) is 4.98. The molecular weight excluding hydrogens is 242 g/mol. The number of aliphatic hydroxyl groups is 1. The molecule has 2 N–H and O–H groups in total. The van der Waals surface area contributed by atoms with E-state index < -0.39 is 0 Å². The zero-order valence-electron chi connectivity index (χ0n) is 10.7. The van der Waals surface area contributed by atoms with E-state index in [0.717, 1.165) is 24.9 Å². The minimum absolute atomic E-state index is 0.0969. The van der Waals surface area contributed by atoms with E-state index in [0.29, 0.717) is 17.8 Å². The van der Waals surface area contributed by atoms with Crippen LogP contribution in [0.3, 0.4) is 0 Å². The highest BCUT2D eigenvalue weighted by molar-refractivity contribution is 5.77. The molecule has 1 aliphatic rings. The van der Waals surface area contributed by atoms with Crippen LogP contribution in [-0.2, 0) is 6.54 Å². The number of aliphatic hydroxyl groups excluding tert-OH is 1. The molecule has 0 radical (unpaired) electrons. The molecule has 0 amide bonds. The molecule has 1 saturated heterocycles. The lowest BCUT2D eigenvalue weighted by atomic mass is 10.2. The highest BCUT2D eigenvalue weighted by Crippen LogP contribution is 2.18. The Labute approximate surface area is 110 Å². The van der Waals surface area contributed by atoms with Crippen molar-refractivity contribution < 1.29 is 5.11 Å². The number of rotatable bonds is 3. The Morgan fingerprint density at radius 1 is 1.42 bits per heavy atom. The smallest absolute Gasteiger partial charge is 0.258 e. The van der Waals surface area contributed by atoms with Crippen molar-refractivity contribution in [3.63, 3.8) is 0 Å². The number of para-hydroxylation sites is 1. The van der Waals surface area contributed by atoms with Gasteiger partial charge >= 0.3 is 0 Å². The first-order chi connectivity index (χ1) is 9.28. The normalized spacial score (nSPS) is 20.2. The number of H-pyrrole nitrogens is 1. The molecule has 2 heterocycles. The number of hydrogen-bond acceptors (Lipinski definition) is 4. The van der Waals surface area contributed by atoms with E-state index in [9.17, 15) is 9.90 Å². The van der Waals surface area contributed by atoms with Crippen molar-refractivity contribution >= 4 is 10.9 Å². The first kappa shape index (κ1) is 12.3. The van der Waals surface area contributed by atoms with Crippen LogP contribution in [0.5, 0.6) is 0 Å². The summed E-state index contributed by atoms with van der Waals surface area (Å²) in [6, 6.07) is 7.53. The van der Waals surface area contributed by atoms with Gasteiger partial charge in [0.15, 0.2) is 0 Å². The molecule has 1 aromatic heterocycles. The van der Waals surface area contributed by atoms with Gasteiger partial charge in [0.1, 0.15) is 5.82 Å². The quantitative estimate of drug-likeness (QED) is 0.858. The van der Waals surface area contributed by atoms with Crippen LogP contribution in [0.4, 0.5) is 0 Å². The first-order valence-corrected chi connectivity index (χ1v) is 6.61.